The summed E-state index contributed by atoms with van der Waals surface area (Å²) in [6.07, 6.45) is 0.919. The van der Waals surface area contributed by atoms with E-state index in [0.717, 1.165) is 24.3 Å². The fourth-order valence-corrected chi connectivity index (χ4v) is 2.47. The molecule has 6 heteroatoms. The number of carbonyl (C=O) groups excluding carboxylic acids is 1. The van der Waals surface area contributed by atoms with E-state index >= 15 is 0 Å². The van der Waals surface area contributed by atoms with Crippen molar-refractivity contribution in [2.24, 2.45) is 5.92 Å². The molecule has 1 aliphatic heterocycles. The number of hydrogen-bond donors (Lipinski definition) is 1. The van der Waals surface area contributed by atoms with Crippen molar-refractivity contribution in [3.05, 3.63) is 18.2 Å². The molecule has 0 saturated carbocycles. The van der Waals surface area contributed by atoms with Crippen LogP contribution in [0.3, 0.4) is 0 Å². The summed E-state index contributed by atoms with van der Waals surface area (Å²) < 4.78 is 5.49. The van der Waals surface area contributed by atoms with Gasteiger partial charge in [0.05, 0.1) is 11.6 Å². The minimum atomic E-state index is -0.805. The first kappa shape index (κ1) is 16.1. The summed E-state index contributed by atoms with van der Waals surface area (Å²) in [5.41, 5.74) is 1.65. The molecule has 1 unspecified atom stereocenters. The van der Waals surface area contributed by atoms with Crippen molar-refractivity contribution in [2.75, 3.05) is 36.5 Å². The number of likely N-dealkylation sites (N-methyl/N-ethyl adjacent to an activating group) is 1. The molecule has 22 heavy (non-hydrogen) atoms. The standard InChI is InChI=1S/C16H22N2O4/c1-4-7-18(9-11(2)16(20)21)12-5-6-13-14(8-12)22-10-15(19)17(13)3/h5-6,8,11H,4,7,9-10H2,1-3H3,(H,20,21). The zero-order valence-corrected chi connectivity index (χ0v) is 13.2. The smallest absolute Gasteiger partial charge is 0.308 e. The highest BCUT2D eigenvalue weighted by Crippen LogP contribution is 2.35. The van der Waals surface area contributed by atoms with Gasteiger partial charge in [0.25, 0.3) is 5.91 Å². The maximum Gasteiger partial charge on any atom is 0.308 e. The zero-order chi connectivity index (χ0) is 16.3. The van der Waals surface area contributed by atoms with Gasteiger partial charge in [-0.3, -0.25) is 9.59 Å². The quantitative estimate of drug-likeness (QED) is 0.870. The first-order valence-corrected chi connectivity index (χ1v) is 7.45. The molecule has 6 nitrogen and oxygen atoms in total. The Bertz CT molecular complexity index is 573. The topological polar surface area (TPSA) is 70.1 Å². The number of amides is 1. The molecular weight excluding hydrogens is 284 g/mol. The number of aliphatic carboxylic acids is 1. The predicted octanol–water partition coefficient (Wildman–Crippen LogP) is 1.98. The molecule has 0 radical (unpaired) electrons. The largest absolute Gasteiger partial charge is 0.481 e. The molecule has 0 fully saturated rings. The number of carbonyl (C=O) groups is 2. The third-order valence-electron chi connectivity index (χ3n) is 3.80. The van der Waals surface area contributed by atoms with Gasteiger partial charge in [-0.2, -0.15) is 0 Å². The van der Waals surface area contributed by atoms with E-state index in [0.29, 0.717) is 12.3 Å². The molecule has 0 spiro atoms. The maximum atomic E-state index is 11.6. The van der Waals surface area contributed by atoms with E-state index in [4.69, 9.17) is 9.84 Å². The second-order valence-electron chi connectivity index (χ2n) is 5.58. The summed E-state index contributed by atoms with van der Waals surface area (Å²) >= 11 is 0. The van der Waals surface area contributed by atoms with Crippen LogP contribution in [0.2, 0.25) is 0 Å². The minimum absolute atomic E-state index is 0.0340. The number of hydrogen-bond acceptors (Lipinski definition) is 4. The van der Waals surface area contributed by atoms with Crippen LogP contribution in [0.25, 0.3) is 0 Å². The molecule has 120 valence electrons. The Morgan fingerprint density at radius 3 is 2.86 bits per heavy atom. The normalized spacial score (nSPS) is 15.0. The first-order chi connectivity index (χ1) is 10.4. The van der Waals surface area contributed by atoms with Gasteiger partial charge < -0.3 is 19.6 Å². The first-order valence-electron chi connectivity index (χ1n) is 7.45. The highest BCUT2D eigenvalue weighted by Gasteiger charge is 2.24. The van der Waals surface area contributed by atoms with E-state index < -0.39 is 11.9 Å². The summed E-state index contributed by atoms with van der Waals surface area (Å²) in [6.45, 7) is 5.00. The maximum absolute atomic E-state index is 11.6. The lowest BCUT2D eigenvalue weighted by Gasteiger charge is -2.30. The van der Waals surface area contributed by atoms with Crippen LogP contribution in [0.1, 0.15) is 20.3 Å². The molecule has 2 rings (SSSR count). The molecule has 0 aromatic heterocycles. The fraction of sp³-hybridized carbons (Fsp3) is 0.500. The van der Waals surface area contributed by atoms with Gasteiger partial charge in [-0.15, -0.1) is 0 Å². The van der Waals surface area contributed by atoms with Gasteiger partial charge >= 0.3 is 5.97 Å². The summed E-state index contributed by atoms with van der Waals surface area (Å²) in [6, 6.07) is 5.62. The third-order valence-corrected chi connectivity index (χ3v) is 3.80. The summed E-state index contributed by atoms with van der Waals surface area (Å²) in [5, 5.41) is 9.11. The van der Waals surface area contributed by atoms with E-state index in [1.54, 1.807) is 18.9 Å². The highest BCUT2D eigenvalue weighted by atomic mass is 16.5. The third kappa shape index (κ3) is 3.32. The van der Waals surface area contributed by atoms with Crippen molar-refractivity contribution in [1.29, 1.82) is 0 Å². The molecule has 1 amide bonds. The lowest BCUT2D eigenvalue weighted by Crippen LogP contribution is -2.36. The SMILES string of the molecule is CCCN(CC(C)C(=O)O)c1ccc2c(c1)OCC(=O)N2C. The lowest BCUT2D eigenvalue weighted by molar-refractivity contribution is -0.140. The molecule has 1 atom stereocenters. The Balaban J connectivity index is 2.25. The van der Waals surface area contributed by atoms with Gasteiger partial charge in [0.15, 0.2) is 6.61 Å². The van der Waals surface area contributed by atoms with Crippen LogP contribution in [-0.2, 0) is 9.59 Å². The zero-order valence-electron chi connectivity index (χ0n) is 13.2. The molecule has 1 heterocycles. The Labute approximate surface area is 130 Å². The van der Waals surface area contributed by atoms with E-state index in [1.165, 1.54) is 0 Å². The molecule has 1 aromatic rings. The van der Waals surface area contributed by atoms with Crippen LogP contribution in [0.4, 0.5) is 11.4 Å². The van der Waals surface area contributed by atoms with E-state index in [2.05, 4.69) is 6.92 Å². The van der Waals surface area contributed by atoms with Crippen molar-refractivity contribution in [1.82, 2.24) is 0 Å². The average molecular weight is 306 g/mol. The number of anilines is 2. The number of nitrogens with zero attached hydrogens (tertiary/aromatic N) is 2. The number of benzene rings is 1. The van der Waals surface area contributed by atoms with E-state index in [9.17, 15) is 9.59 Å². The van der Waals surface area contributed by atoms with Crippen LogP contribution in [0.5, 0.6) is 5.75 Å². The molecule has 1 aliphatic rings. The van der Waals surface area contributed by atoms with E-state index in [-0.39, 0.29) is 12.5 Å². The molecule has 0 aliphatic carbocycles. The van der Waals surface area contributed by atoms with Gasteiger partial charge in [-0.25, -0.2) is 0 Å². The van der Waals surface area contributed by atoms with Crippen LogP contribution in [-0.4, -0.2) is 43.7 Å². The van der Waals surface area contributed by atoms with E-state index in [1.807, 2.05) is 23.1 Å². The van der Waals surface area contributed by atoms with Crippen LogP contribution in [0, 0.1) is 5.92 Å². The van der Waals surface area contributed by atoms with Crippen molar-refractivity contribution in [3.63, 3.8) is 0 Å². The van der Waals surface area contributed by atoms with Crippen molar-refractivity contribution < 1.29 is 19.4 Å². The second-order valence-corrected chi connectivity index (χ2v) is 5.58. The monoisotopic (exact) mass is 306 g/mol. The number of carboxylic acid groups (broad SMARTS) is 1. The lowest BCUT2D eigenvalue weighted by atomic mass is 10.1. The van der Waals surface area contributed by atoms with Crippen molar-refractivity contribution >= 4 is 23.3 Å². The van der Waals surface area contributed by atoms with Crippen LogP contribution < -0.4 is 14.5 Å². The van der Waals surface area contributed by atoms with Gasteiger partial charge in [0, 0.05) is 31.9 Å². The number of carboxylic acids is 1. The van der Waals surface area contributed by atoms with Crippen molar-refractivity contribution in [2.45, 2.75) is 20.3 Å². The van der Waals surface area contributed by atoms with Gasteiger partial charge in [-0.1, -0.05) is 13.8 Å². The molecular formula is C16H22N2O4. The summed E-state index contributed by atoms with van der Waals surface area (Å²) in [5.74, 6) is -0.678. The van der Waals surface area contributed by atoms with Gasteiger partial charge in [0.2, 0.25) is 0 Å². The molecule has 1 aromatic carbocycles. The Hall–Kier alpha value is -2.24. The average Bonchev–Trinajstić information content (AvgIpc) is 2.50. The molecule has 0 saturated heterocycles. The molecule has 1 N–H and O–H groups in total. The van der Waals surface area contributed by atoms with Crippen LogP contribution in [0.15, 0.2) is 18.2 Å². The Morgan fingerprint density at radius 2 is 2.23 bits per heavy atom. The predicted molar refractivity (Wildman–Crippen MR) is 84.7 cm³/mol. The Kier molecular flexibility index (Phi) is 4.90. The summed E-state index contributed by atoms with van der Waals surface area (Å²) in [4.78, 5) is 26.3. The van der Waals surface area contributed by atoms with Crippen molar-refractivity contribution in [3.8, 4) is 5.75 Å². The summed E-state index contributed by atoms with van der Waals surface area (Å²) in [7, 11) is 1.72. The molecule has 0 bridgehead atoms. The number of rotatable bonds is 6. The second kappa shape index (κ2) is 6.68. The van der Waals surface area contributed by atoms with Crippen LogP contribution >= 0.6 is 0 Å². The Morgan fingerprint density at radius 1 is 1.50 bits per heavy atom. The van der Waals surface area contributed by atoms with Gasteiger partial charge in [-0.05, 0) is 18.6 Å². The number of ether oxygens (including phenoxy) is 1. The fourth-order valence-electron chi connectivity index (χ4n) is 2.47. The highest BCUT2D eigenvalue weighted by molar-refractivity contribution is 5.97. The number of fused-ring (bicyclic) bond motifs is 1. The minimum Gasteiger partial charge on any atom is -0.481 e. The van der Waals surface area contributed by atoms with Gasteiger partial charge in [0.1, 0.15) is 5.75 Å².